The predicted octanol–water partition coefficient (Wildman–Crippen LogP) is 2.35. The third-order valence-corrected chi connectivity index (χ3v) is 2.67. The van der Waals surface area contributed by atoms with Gasteiger partial charge in [-0.1, -0.05) is 30.3 Å². The summed E-state index contributed by atoms with van der Waals surface area (Å²) in [4.78, 5) is 26.4. The number of nitrogens with one attached hydrogen (secondary N) is 1. The van der Waals surface area contributed by atoms with Crippen molar-refractivity contribution in [1.82, 2.24) is 4.98 Å². The van der Waals surface area contributed by atoms with Crippen molar-refractivity contribution in [1.29, 1.82) is 0 Å². The van der Waals surface area contributed by atoms with Crippen molar-refractivity contribution in [3.05, 3.63) is 59.4 Å². The lowest BCUT2D eigenvalue weighted by molar-refractivity contribution is -0.142. The Balaban J connectivity index is 2.09. The van der Waals surface area contributed by atoms with E-state index < -0.39 is 0 Å². The van der Waals surface area contributed by atoms with Crippen LogP contribution >= 0.6 is 0 Å². The normalized spacial score (nSPS) is 10.2. The van der Waals surface area contributed by atoms with E-state index in [1.54, 1.807) is 31.2 Å². The molecule has 0 bridgehead atoms. The first kappa shape index (κ1) is 13.1. The lowest BCUT2D eigenvalue weighted by Crippen LogP contribution is -2.08. The van der Waals surface area contributed by atoms with E-state index in [0.29, 0.717) is 23.6 Å². The van der Waals surface area contributed by atoms with Gasteiger partial charge in [-0.15, -0.1) is 0 Å². The van der Waals surface area contributed by atoms with Crippen molar-refractivity contribution >= 4 is 11.8 Å². The van der Waals surface area contributed by atoms with Crippen molar-refractivity contribution in [3.63, 3.8) is 0 Å². The smallest absolute Gasteiger partial charge is 0.311 e. The van der Waals surface area contributed by atoms with Crippen molar-refractivity contribution in [3.8, 4) is 0 Å². The van der Waals surface area contributed by atoms with Gasteiger partial charge in [-0.25, -0.2) is 0 Å². The van der Waals surface area contributed by atoms with E-state index >= 15 is 0 Å². The molecule has 2 aromatic rings. The molecule has 0 aliphatic rings. The van der Waals surface area contributed by atoms with Crippen LogP contribution < -0.4 is 0 Å². The van der Waals surface area contributed by atoms with Crippen LogP contribution in [0.2, 0.25) is 0 Å². The Hall–Kier alpha value is -2.36. The lowest BCUT2D eigenvalue weighted by atomic mass is 10.1. The van der Waals surface area contributed by atoms with Crippen molar-refractivity contribution in [2.24, 2.45) is 0 Å². The molecule has 0 atom stereocenters. The summed E-state index contributed by atoms with van der Waals surface area (Å²) >= 11 is 0. The summed E-state index contributed by atoms with van der Waals surface area (Å²) in [6.07, 6.45) is 0.149. The van der Waals surface area contributed by atoms with Gasteiger partial charge >= 0.3 is 5.97 Å². The highest BCUT2D eigenvalue weighted by atomic mass is 16.5. The van der Waals surface area contributed by atoms with Gasteiger partial charge < -0.3 is 9.72 Å². The number of hydrogen-bond donors (Lipinski definition) is 1. The number of rotatable bonds is 5. The average Bonchev–Trinajstić information content (AvgIpc) is 2.87. The van der Waals surface area contributed by atoms with Crippen LogP contribution in [-0.2, 0) is 16.0 Å². The van der Waals surface area contributed by atoms with Gasteiger partial charge in [-0.2, -0.15) is 0 Å². The summed E-state index contributed by atoms with van der Waals surface area (Å²) in [6, 6.07) is 12.4. The maximum Gasteiger partial charge on any atom is 0.311 e. The van der Waals surface area contributed by atoms with Gasteiger partial charge in [-0.3, -0.25) is 9.59 Å². The minimum absolute atomic E-state index is 0.0873. The van der Waals surface area contributed by atoms with E-state index in [9.17, 15) is 9.59 Å². The number of ether oxygens (including phenoxy) is 1. The molecule has 0 spiro atoms. The fraction of sp³-hybridized carbons (Fsp3) is 0.200. The summed E-state index contributed by atoms with van der Waals surface area (Å²) in [5, 5.41) is 0. The zero-order chi connectivity index (χ0) is 13.7. The Kier molecular flexibility index (Phi) is 4.13. The van der Waals surface area contributed by atoms with Gasteiger partial charge in [-0.05, 0) is 19.1 Å². The number of aromatic amines is 1. The molecular weight excluding hydrogens is 242 g/mol. The number of carbonyl (C=O) groups is 2. The van der Waals surface area contributed by atoms with Crippen LogP contribution in [0, 0.1) is 0 Å². The number of carbonyl (C=O) groups excluding carboxylic acids is 2. The van der Waals surface area contributed by atoms with Crippen molar-refractivity contribution < 1.29 is 14.3 Å². The summed E-state index contributed by atoms with van der Waals surface area (Å²) in [7, 11) is 0. The molecule has 0 saturated heterocycles. The first-order chi connectivity index (χ1) is 9.20. The maximum absolute atomic E-state index is 12.1. The molecule has 0 fully saturated rings. The van der Waals surface area contributed by atoms with Gasteiger partial charge in [0.2, 0.25) is 5.78 Å². The monoisotopic (exact) mass is 257 g/mol. The van der Waals surface area contributed by atoms with E-state index in [-0.39, 0.29) is 18.2 Å². The third kappa shape index (κ3) is 3.31. The second kappa shape index (κ2) is 6.00. The molecule has 2 rings (SSSR count). The molecule has 0 unspecified atom stereocenters. The minimum Gasteiger partial charge on any atom is -0.466 e. The molecule has 1 aromatic heterocycles. The second-order valence-electron chi connectivity index (χ2n) is 4.07. The molecule has 1 heterocycles. The van der Waals surface area contributed by atoms with Crippen LogP contribution in [0.1, 0.15) is 28.7 Å². The second-order valence-corrected chi connectivity index (χ2v) is 4.07. The highest BCUT2D eigenvalue weighted by molar-refractivity contribution is 6.07. The number of hydrogen-bond acceptors (Lipinski definition) is 3. The van der Waals surface area contributed by atoms with E-state index in [4.69, 9.17) is 4.74 Å². The largest absolute Gasteiger partial charge is 0.466 e. The Morgan fingerprint density at radius 3 is 2.53 bits per heavy atom. The number of ketones is 1. The van der Waals surface area contributed by atoms with Gasteiger partial charge in [0.25, 0.3) is 0 Å². The summed E-state index contributed by atoms with van der Waals surface area (Å²) in [5.41, 5.74) is 1.77. The third-order valence-electron chi connectivity index (χ3n) is 2.67. The zero-order valence-corrected chi connectivity index (χ0v) is 10.7. The Labute approximate surface area is 111 Å². The fourth-order valence-corrected chi connectivity index (χ4v) is 1.79. The SMILES string of the molecule is CCOC(=O)Cc1ccc(C(=O)c2ccccc2)[nH]1. The molecular formula is C15H15NO3. The van der Waals surface area contributed by atoms with E-state index in [2.05, 4.69) is 4.98 Å². The maximum atomic E-state index is 12.1. The van der Waals surface area contributed by atoms with Crippen LogP contribution in [0.4, 0.5) is 0 Å². The molecule has 0 aliphatic carbocycles. The average molecular weight is 257 g/mol. The topological polar surface area (TPSA) is 59.2 Å². The van der Waals surface area contributed by atoms with Crippen molar-refractivity contribution in [2.45, 2.75) is 13.3 Å². The number of aromatic nitrogens is 1. The van der Waals surface area contributed by atoms with E-state index in [1.165, 1.54) is 0 Å². The summed E-state index contributed by atoms with van der Waals surface area (Å²) in [6.45, 7) is 2.12. The molecule has 19 heavy (non-hydrogen) atoms. The fourth-order valence-electron chi connectivity index (χ4n) is 1.79. The molecule has 0 saturated carbocycles. The van der Waals surface area contributed by atoms with Gasteiger partial charge in [0.1, 0.15) is 0 Å². The van der Waals surface area contributed by atoms with E-state index in [0.717, 1.165) is 0 Å². The van der Waals surface area contributed by atoms with E-state index in [1.807, 2.05) is 18.2 Å². The first-order valence-electron chi connectivity index (χ1n) is 6.14. The van der Waals surface area contributed by atoms with Crippen LogP contribution in [0.25, 0.3) is 0 Å². The molecule has 98 valence electrons. The summed E-state index contributed by atoms with van der Waals surface area (Å²) in [5.74, 6) is -0.390. The highest BCUT2D eigenvalue weighted by Gasteiger charge is 2.12. The van der Waals surface area contributed by atoms with Gasteiger partial charge in [0.05, 0.1) is 18.7 Å². The van der Waals surface area contributed by atoms with Crippen LogP contribution in [0.3, 0.4) is 0 Å². The Morgan fingerprint density at radius 2 is 1.84 bits per heavy atom. The van der Waals surface area contributed by atoms with Crippen LogP contribution in [0.5, 0.6) is 0 Å². The predicted molar refractivity (Wildman–Crippen MR) is 71.0 cm³/mol. The molecule has 0 aliphatic heterocycles. The Bertz CT molecular complexity index is 572. The summed E-state index contributed by atoms with van der Waals surface area (Å²) < 4.78 is 4.86. The molecule has 4 nitrogen and oxygen atoms in total. The number of esters is 1. The zero-order valence-electron chi connectivity index (χ0n) is 10.7. The molecule has 4 heteroatoms. The molecule has 0 radical (unpaired) electrons. The number of benzene rings is 1. The standard InChI is InChI=1S/C15H15NO3/c1-2-19-14(17)10-12-8-9-13(16-12)15(18)11-6-4-3-5-7-11/h3-9,16H,2,10H2,1H3. The molecule has 1 aromatic carbocycles. The Morgan fingerprint density at radius 1 is 1.11 bits per heavy atom. The van der Waals surface area contributed by atoms with Gasteiger partial charge in [0.15, 0.2) is 0 Å². The first-order valence-corrected chi connectivity index (χ1v) is 6.14. The molecule has 1 N–H and O–H groups in total. The highest BCUT2D eigenvalue weighted by Crippen LogP contribution is 2.10. The van der Waals surface area contributed by atoms with Gasteiger partial charge in [0, 0.05) is 11.3 Å². The van der Waals surface area contributed by atoms with Crippen LogP contribution in [-0.4, -0.2) is 23.3 Å². The van der Waals surface area contributed by atoms with Crippen molar-refractivity contribution in [2.75, 3.05) is 6.61 Å². The molecule has 0 amide bonds. The van der Waals surface area contributed by atoms with Crippen LogP contribution in [0.15, 0.2) is 42.5 Å². The number of H-pyrrole nitrogens is 1. The minimum atomic E-state index is -0.303. The lowest BCUT2D eigenvalue weighted by Gasteiger charge is -2.00. The quantitative estimate of drug-likeness (QED) is 0.660.